The predicted molar refractivity (Wildman–Crippen MR) is 69.4 cm³/mol. The molecule has 1 fully saturated rings. The number of nitrogens with zero attached hydrogens (tertiary/aromatic N) is 1. The summed E-state index contributed by atoms with van der Waals surface area (Å²) in [5, 5.41) is 0. The van der Waals surface area contributed by atoms with Crippen molar-refractivity contribution in [2.75, 3.05) is 6.54 Å². The van der Waals surface area contributed by atoms with Crippen molar-refractivity contribution in [3.8, 4) is 0 Å². The highest BCUT2D eigenvalue weighted by molar-refractivity contribution is 7.89. The molecule has 1 N–H and O–H groups in total. The number of aromatic nitrogens is 1. The van der Waals surface area contributed by atoms with Crippen LogP contribution < -0.4 is 5.76 Å². The van der Waals surface area contributed by atoms with Crippen LogP contribution in [0.25, 0.3) is 11.1 Å². The minimum absolute atomic E-state index is 0.115. The maximum atomic E-state index is 12.5. The van der Waals surface area contributed by atoms with Gasteiger partial charge in [-0.1, -0.05) is 6.92 Å². The van der Waals surface area contributed by atoms with Gasteiger partial charge in [0.15, 0.2) is 5.58 Å². The van der Waals surface area contributed by atoms with Crippen LogP contribution in [0.2, 0.25) is 0 Å². The first-order valence-electron chi connectivity index (χ1n) is 6.17. The second kappa shape index (κ2) is 4.21. The van der Waals surface area contributed by atoms with Gasteiger partial charge in [-0.3, -0.25) is 4.98 Å². The molecular formula is C12H14N2O4S. The Hall–Kier alpha value is -1.60. The Kier molecular flexibility index (Phi) is 2.75. The van der Waals surface area contributed by atoms with Crippen molar-refractivity contribution in [3.05, 3.63) is 28.7 Å². The van der Waals surface area contributed by atoms with Crippen LogP contribution >= 0.6 is 0 Å². The van der Waals surface area contributed by atoms with E-state index < -0.39 is 15.8 Å². The van der Waals surface area contributed by atoms with E-state index in [-0.39, 0.29) is 16.5 Å². The van der Waals surface area contributed by atoms with Crippen molar-refractivity contribution >= 4 is 21.1 Å². The standard InChI is InChI=1S/C12H14N2O4S/c1-2-14(8-3-4-8)19(16,17)9-5-6-10-11(7-9)18-12(15)13-10/h5-8H,2-4H2,1H3,(H,13,15). The molecule has 1 aromatic carbocycles. The first-order valence-corrected chi connectivity index (χ1v) is 7.61. The molecule has 1 aromatic heterocycles. The molecule has 1 aliphatic carbocycles. The Morgan fingerprint density at radius 2 is 2.16 bits per heavy atom. The van der Waals surface area contributed by atoms with Gasteiger partial charge in [-0.05, 0) is 25.0 Å². The summed E-state index contributed by atoms with van der Waals surface area (Å²) in [5.41, 5.74) is 0.761. The third-order valence-electron chi connectivity index (χ3n) is 3.26. The number of oxazole rings is 1. The number of hydrogen-bond donors (Lipinski definition) is 1. The van der Waals surface area contributed by atoms with Crippen molar-refractivity contribution in [1.29, 1.82) is 0 Å². The van der Waals surface area contributed by atoms with E-state index >= 15 is 0 Å². The van der Waals surface area contributed by atoms with E-state index in [1.165, 1.54) is 16.4 Å². The maximum Gasteiger partial charge on any atom is 0.417 e. The van der Waals surface area contributed by atoms with E-state index in [1.54, 1.807) is 6.07 Å². The second-order valence-corrected chi connectivity index (χ2v) is 6.50. The molecule has 7 heteroatoms. The van der Waals surface area contributed by atoms with Crippen LogP contribution in [-0.2, 0) is 10.0 Å². The van der Waals surface area contributed by atoms with Crippen molar-refractivity contribution < 1.29 is 12.8 Å². The molecule has 0 saturated heterocycles. The number of sulfonamides is 1. The minimum Gasteiger partial charge on any atom is -0.408 e. The fraction of sp³-hybridized carbons (Fsp3) is 0.417. The van der Waals surface area contributed by atoms with Crippen LogP contribution in [0, 0.1) is 0 Å². The van der Waals surface area contributed by atoms with Gasteiger partial charge in [-0.2, -0.15) is 4.31 Å². The van der Waals surface area contributed by atoms with Gasteiger partial charge in [0.05, 0.1) is 10.4 Å². The molecule has 0 amide bonds. The fourth-order valence-corrected chi connectivity index (χ4v) is 3.92. The summed E-state index contributed by atoms with van der Waals surface area (Å²) in [6.07, 6.45) is 1.82. The van der Waals surface area contributed by atoms with E-state index in [0.29, 0.717) is 12.1 Å². The normalized spacial score (nSPS) is 16.3. The number of fused-ring (bicyclic) bond motifs is 1. The van der Waals surface area contributed by atoms with Gasteiger partial charge >= 0.3 is 5.76 Å². The molecule has 0 bridgehead atoms. The summed E-state index contributed by atoms with van der Waals surface area (Å²) < 4.78 is 31.4. The molecule has 0 spiro atoms. The van der Waals surface area contributed by atoms with Crippen molar-refractivity contribution in [1.82, 2.24) is 9.29 Å². The monoisotopic (exact) mass is 282 g/mol. The van der Waals surface area contributed by atoms with Crippen LogP contribution in [-0.4, -0.2) is 30.3 Å². The SMILES string of the molecule is CCN(C1CC1)S(=O)(=O)c1ccc2[nH]c(=O)oc2c1. The third kappa shape index (κ3) is 2.08. The fourth-order valence-electron chi connectivity index (χ4n) is 2.21. The highest BCUT2D eigenvalue weighted by atomic mass is 32.2. The summed E-state index contributed by atoms with van der Waals surface area (Å²) >= 11 is 0. The molecule has 3 rings (SSSR count). The second-order valence-electron chi connectivity index (χ2n) is 4.61. The van der Waals surface area contributed by atoms with Gasteiger partial charge in [0.2, 0.25) is 10.0 Å². The van der Waals surface area contributed by atoms with E-state index in [9.17, 15) is 13.2 Å². The molecule has 1 heterocycles. The minimum atomic E-state index is -3.51. The Balaban J connectivity index is 2.09. The van der Waals surface area contributed by atoms with Crippen LogP contribution in [0.15, 0.2) is 32.3 Å². The molecule has 2 aromatic rings. The van der Waals surface area contributed by atoms with Crippen LogP contribution in [0.5, 0.6) is 0 Å². The third-order valence-corrected chi connectivity index (χ3v) is 5.29. The highest BCUT2D eigenvalue weighted by Crippen LogP contribution is 2.32. The summed E-state index contributed by atoms with van der Waals surface area (Å²) in [6.45, 7) is 2.27. The molecule has 6 nitrogen and oxygen atoms in total. The zero-order valence-corrected chi connectivity index (χ0v) is 11.2. The van der Waals surface area contributed by atoms with Crippen molar-refractivity contribution in [3.63, 3.8) is 0 Å². The molecule has 0 aliphatic heterocycles. The molecule has 102 valence electrons. The first-order chi connectivity index (χ1) is 9.02. The summed E-state index contributed by atoms with van der Waals surface area (Å²) in [7, 11) is -3.51. The van der Waals surface area contributed by atoms with Gasteiger partial charge in [-0.25, -0.2) is 13.2 Å². The number of aromatic amines is 1. The molecule has 0 unspecified atom stereocenters. The average Bonchev–Trinajstić information content (AvgIpc) is 3.09. The number of nitrogens with one attached hydrogen (secondary N) is 1. The lowest BCUT2D eigenvalue weighted by atomic mass is 10.3. The van der Waals surface area contributed by atoms with Crippen LogP contribution in [0.4, 0.5) is 0 Å². The van der Waals surface area contributed by atoms with Gasteiger partial charge in [-0.15, -0.1) is 0 Å². The highest BCUT2D eigenvalue weighted by Gasteiger charge is 2.37. The summed E-state index contributed by atoms with van der Waals surface area (Å²) in [5.74, 6) is -0.584. The first kappa shape index (κ1) is 12.4. The largest absolute Gasteiger partial charge is 0.417 e. The van der Waals surface area contributed by atoms with Crippen molar-refractivity contribution in [2.24, 2.45) is 0 Å². The Morgan fingerprint density at radius 1 is 1.42 bits per heavy atom. The van der Waals surface area contributed by atoms with Crippen LogP contribution in [0.3, 0.4) is 0 Å². The maximum absolute atomic E-state index is 12.5. The lowest BCUT2D eigenvalue weighted by Crippen LogP contribution is -2.32. The van der Waals surface area contributed by atoms with Gasteiger partial charge in [0.25, 0.3) is 0 Å². The van der Waals surface area contributed by atoms with Gasteiger partial charge < -0.3 is 4.42 Å². The molecular weight excluding hydrogens is 268 g/mol. The summed E-state index contributed by atoms with van der Waals surface area (Å²) in [6, 6.07) is 4.55. The molecule has 0 atom stereocenters. The lowest BCUT2D eigenvalue weighted by Gasteiger charge is -2.19. The number of benzene rings is 1. The molecule has 19 heavy (non-hydrogen) atoms. The summed E-state index contributed by atoms with van der Waals surface area (Å²) in [4.78, 5) is 13.7. The van der Waals surface area contributed by atoms with Gasteiger partial charge in [0, 0.05) is 18.7 Å². The lowest BCUT2D eigenvalue weighted by molar-refractivity contribution is 0.421. The Morgan fingerprint density at radius 3 is 2.79 bits per heavy atom. The predicted octanol–water partition coefficient (Wildman–Crippen LogP) is 1.29. The quantitative estimate of drug-likeness (QED) is 0.916. The Bertz CT molecular complexity index is 770. The number of H-pyrrole nitrogens is 1. The van der Waals surface area contributed by atoms with E-state index in [4.69, 9.17) is 4.42 Å². The van der Waals surface area contributed by atoms with Crippen LogP contribution in [0.1, 0.15) is 19.8 Å². The molecule has 0 radical (unpaired) electrons. The smallest absolute Gasteiger partial charge is 0.408 e. The van der Waals surface area contributed by atoms with Crippen molar-refractivity contribution in [2.45, 2.75) is 30.7 Å². The number of rotatable bonds is 4. The Labute approximate surface area is 110 Å². The molecule has 1 saturated carbocycles. The van der Waals surface area contributed by atoms with Gasteiger partial charge in [0.1, 0.15) is 0 Å². The van der Waals surface area contributed by atoms with E-state index in [1.807, 2.05) is 6.92 Å². The zero-order chi connectivity index (χ0) is 13.6. The zero-order valence-electron chi connectivity index (χ0n) is 10.4. The van der Waals surface area contributed by atoms with E-state index in [0.717, 1.165) is 12.8 Å². The average molecular weight is 282 g/mol. The van der Waals surface area contributed by atoms with E-state index in [2.05, 4.69) is 4.98 Å². The topological polar surface area (TPSA) is 83.4 Å². The molecule has 1 aliphatic rings. The number of hydrogen-bond acceptors (Lipinski definition) is 4.